The molecule has 1 aliphatic rings. The SMILES string of the molecule is C/C=C/c1cc(Nc2cc(N3CCCCC3)nc(Oc3ccc4[nH]c(C)cc4c3F)n2)n[nH]1. The van der Waals surface area contributed by atoms with Gasteiger partial charge in [-0.1, -0.05) is 6.08 Å². The number of fused-ring (bicyclic) bond motifs is 1. The van der Waals surface area contributed by atoms with Crippen molar-refractivity contribution in [1.29, 1.82) is 0 Å². The molecule has 8 nitrogen and oxygen atoms in total. The molecule has 1 aromatic carbocycles. The van der Waals surface area contributed by atoms with Gasteiger partial charge >= 0.3 is 6.01 Å². The molecule has 3 N–H and O–H groups in total. The maximum atomic E-state index is 15.1. The first-order valence-corrected chi connectivity index (χ1v) is 11.1. The predicted molar refractivity (Wildman–Crippen MR) is 128 cm³/mol. The maximum Gasteiger partial charge on any atom is 0.326 e. The number of piperidine rings is 1. The van der Waals surface area contributed by atoms with Crippen molar-refractivity contribution in [2.45, 2.75) is 33.1 Å². The first-order valence-electron chi connectivity index (χ1n) is 11.1. The summed E-state index contributed by atoms with van der Waals surface area (Å²) in [6, 6.07) is 8.98. The van der Waals surface area contributed by atoms with Crippen LogP contribution in [0.5, 0.6) is 11.8 Å². The summed E-state index contributed by atoms with van der Waals surface area (Å²) in [6.07, 6.45) is 7.27. The maximum absolute atomic E-state index is 15.1. The minimum Gasteiger partial charge on any atom is -0.421 e. The molecule has 33 heavy (non-hydrogen) atoms. The zero-order valence-electron chi connectivity index (χ0n) is 18.7. The molecule has 9 heteroatoms. The normalized spacial score (nSPS) is 14.3. The van der Waals surface area contributed by atoms with Crippen molar-refractivity contribution in [3.05, 3.63) is 53.6 Å². The number of ether oxygens (including phenoxy) is 1. The van der Waals surface area contributed by atoms with Crippen LogP contribution in [0.15, 0.2) is 36.4 Å². The largest absolute Gasteiger partial charge is 0.421 e. The van der Waals surface area contributed by atoms with Gasteiger partial charge in [-0.2, -0.15) is 15.1 Å². The molecule has 1 aliphatic heterocycles. The van der Waals surface area contributed by atoms with E-state index in [1.807, 2.05) is 38.1 Å². The molecule has 170 valence electrons. The summed E-state index contributed by atoms with van der Waals surface area (Å²) < 4.78 is 21.0. The number of hydrogen-bond donors (Lipinski definition) is 3. The molecule has 4 aromatic rings. The molecule has 1 fully saturated rings. The van der Waals surface area contributed by atoms with Crippen molar-refractivity contribution in [3.8, 4) is 11.8 Å². The molecule has 3 aromatic heterocycles. The van der Waals surface area contributed by atoms with Crippen molar-refractivity contribution >= 4 is 34.4 Å². The number of rotatable bonds is 6. The zero-order chi connectivity index (χ0) is 22.8. The van der Waals surface area contributed by atoms with Crippen LogP contribution in [-0.4, -0.2) is 38.2 Å². The van der Waals surface area contributed by atoms with Crippen molar-refractivity contribution in [2.75, 3.05) is 23.3 Å². The average Bonchev–Trinajstić information content (AvgIpc) is 3.42. The van der Waals surface area contributed by atoms with Gasteiger partial charge in [0.05, 0.1) is 5.69 Å². The van der Waals surface area contributed by atoms with Gasteiger partial charge in [-0.05, 0) is 57.4 Å². The summed E-state index contributed by atoms with van der Waals surface area (Å²) in [7, 11) is 0. The van der Waals surface area contributed by atoms with Gasteiger partial charge in [0.2, 0.25) is 0 Å². The van der Waals surface area contributed by atoms with Crippen LogP contribution in [0, 0.1) is 12.7 Å². The molecule has 4 heterocycles. The topological polar surface area (TPSA) is 94.8 Å². The lowest BCUT2D eigenvalue weighted by Gasteiger charge is -2.28. The first-order chi connectivity index (χ1) is 16.1. The molecule has 0 unspecified atom stereocenters. The van der Waals surface area contributed by atoms with Gasteiger partial charge in [0.25, 0.3) is 0 Å². The van der Waals surface area contributed by atoms with E-state index in [4.69, 9.17) is 4.74 Å². The van der Waals surface area contributed by atoms with E-state index in [0.29, 0.717) is 17.0 Å². The van der Waals surface area contributed by atoms with Crippen LogP contribution < -0.4 is 15.0 Å². The lowest BCUT2D eigenvalue weighted by atomic mass is 10.1. The molecule has 5 rings (SSSR count). The fourth-order valence-electron chi connectivity index (χ4n) is 4.07. The van der Waals surface area contributed by atoms with E-state index in [1.54, 1.807) is 18.2 Å². The van der Waals surface area contributed by atoms with Crippen molar-refractivity contribution in [1.82, 2.24) is 25.1 Å². The highest BCUT2D eigenvalue weighted by atomic mass is 19.1. The van der Waals surface area contributed by atoms with Gasteiger partial charge in [-0.3, -0.25) is 5.10 Å². The van der Waals surface area contributed by atoms with Gasteiger partial charge < -0.3 is 19.9 Å². The lowest BCUT2D eigenvalue weighted by molar-refractivity contribution is 0.414. The summed E-state index contributed by atoms with van der Waals surface area (Å²) in [5.74, 6) is 1.52. The molecule has 0 aliphatic carbocycles. The molecule has 1 saturated heterocycles. The van der Waals surface area contributed by atoms with Crippen LogP contribution in [0.1, 0.15) is 37.6 Å². The Kier molecular flexibility index (Phi) is 5.68. The molecule has 0 bridgehead atoms. The van der Waals surface area contributed by atoms with Gasteiger partial charge in [-0.25, -0.2) is 4.39 Å². The van der Waals surface area contributed by atoms with Crippen molar-refractivity contribution in [2.24, 2.45) is 0 Å². The zero-order valence-corrected chi connectivity index (χ0v) is 18.7. The summed E-state index contributed by atoms with van der Waals surface area (Å²) in [4.78, 5) is 14.4. The minimum absolute atomic E-state index is 0.0790. The Labute approximate surface area is 190 Å². The van der Waals surface area contributed by atoms with Gasteiger partial charge in [0, 0.05) is 41.8 Å². The smallest absolute Gasteiger partial charge is 0.326 e. The third-order valence-corrected chi connectivity index (χ3v) is 5.61. The first kappa shape index (κ1) is 21.0. The Bertz CT molecular complexity index is 1300. The number of H-pyrrole nitrogens is 2. The molecule has 0 radical (unpaired) electrons. The lowest BCUT2D eigenvalue weighted by Crippen LogP contribution is -2.30. The number of allylic oxidation sites excluding steroid dienone is 1. The Morgan fingerprint density at radius 1 is 1.09 bits per heavy atom. The van der Waals surface area contributed by atoms with E-state index in [9.17, 15) is 0 Å². The highest BCUT2D eigenvalue weighted by Crippen LogP contribution is 2.31. The van der Waals surface area contributed by atoms with Crippen LogP contribution in [0.25, 0.3) is 17.0 Å². The van der Waals surface area contributed by atoms with E-state index < -0.39 is 5.82 Å². The number of aromatic nitrogens is 5. The highest BCUT2D eigenvalue weighted by molar-refractivity contribution is 5.82. The summed E-state index contributed by atoms with van der Waals surface area (Å²) in [6.45, 7) is 5.65. The standard InChI is InChI=1S/C24H26FN7O/c1-3-7-16-13-21(31-30-16)27-20-14-22(32-10-5-4-6-11-32)29-24(28-20)33-19-9-8-18-17(23(19)25)12-15(2)26-18/h3,7-9,12-14,26H,4-6,10-11H2,1-2H3,(H2,27,28,29,30,31)/b7-3+. The second-order valence-electron chi connectivity index (χ2n) is 8.17. The fourth-order valence-corrected chi connectivity index (χ4v) is 4.07. The number of anilines is 3. The second kappa shape index (κ2) is 8.93. The van der Waals surface area contributed by atoms with E-state index in [-0.39, 0.29) is 11.8 Å². The molecular formula is C24H26FN7O. The van der Waals surface area contributed by atoms with Crippen LogP contribution >= 0.6 is 0 Å². The van der Waals surface area contributed by atoms with Crippen LogP contribution in [0.4, 0.5) is 21.8 Å². The highest BCUT2D eigenvalue weighted by Gasteiger charge is 2.18. The molecule has 0 atom stereocenters. The predicted octanol–water partition coefficient (Wildman–Crippen LogP) is 5.69. The molecular weight excluding hydrogens is 421 g/mol. The average molecular weight is 448 g/mol. The third kappa shape index (κ3) is 4.52. The van der Waals surface area contributed by atoms with E-state index in [1.165, 1.54) is 6.42 Å². The third-order valence-electron chi connectivity index (χ3n) is 5.61. The number of nitrogens with one attached hydrogen (secondary N) is 3. The van der Waals surface area contributed by atoms with Crippen LogP contribution in [0.2, 0.25) is 0 Å². The van der Waals surface area contributed by atoms with Gasteiger partial charge in [0.1, 0.15) is 11.6 Å². The van der Waals surface area contributed by atoms with Crippen molar-refractivity contribution < 1.29 is 9.13 Å². The van der Waals surface area contributed by atoms with Gasteiger partial charge in [0.15, 0.2) is 17.4 Å². The minimum atomic E-state index is -0.443. The monoisotopic (exact) mass is 447 g/mol. The Morgan fingerprint density at radius 2 is 1.94 bits per heavy atom. The quantitative estimate of drug-likeness (QED) is 0.352. The molecule has 0 spiro atoms. The summed E-state index contributed by atoms with van der Waals surface area (Å²) in [5, 5.41) is 10.9. The van der Waals surface area contributed by atoms with E-state index >= 15 is 4.39 Å². The van der Waals surface area contributed by atoms with Crippen molar-refractivity contribution in [3.63, 3.8) is 0 Å². The Hall–Kier alpha value is -3.88. The summed E-state index contributed by atoms with van der Waals surface area (Å²) in [5.41, 5.74) is 2.48. The van der Waals surface area contributed by atoms with Crippen LogP contribution in [0.3, 0.4) is 0 Å². The van der Waals surface area contributed by atoms with Gasteiger partial charge in [-0.15, -0.1) is 0 Å². The summed E-state index contributed by atoms with van der Waals surface area (Å²) >= 11 is 0. The number of aromatic amines is 2. The number of hydrogen-bond acceptors (Lipinski definition) is 6. The fraction of sp³-hybridized carbons (Fsp3) is 0.292. The number of halogens is 1. The Balaban J connectivity index is 1.48. The molecule has 0 amide bonds. The Morgan fingerprint density at radius 3 is 2.76 bits per heavy atom. The second-order valence-corrected chi connectivity index (χ2v) is 8.17. The van der Waals surface area contributed by atoms with E-state index in [0.717, 1.165) is 48.7 Å². The number of nitrogens with zero attached hydrogens (tertiary/aromatic N) is 4. The number of benzene rings is 1. The van der Waals surface area contributed by atoms with E-state index in [2.05, 4.69) is 35.4 Å². The number of aryl methyl sites for hydroxylation is 1. The van der Waals surface area contributed by atoms with Crippen LogP contribution in [-0.2, 0) is 0 Å². The molecule has 0 saturated carbocycles.